The van der Waals surface area contributed by atoms with Gasteiger partial charge in [-0.15, -0.1) is 0 Å². The zero-order valence-corrected chi connectivity index (χ0v) is 16.4. The number of carbonyl (C=O) groups is 1. The second-order valence-corrected chi connectivity index (χ2v) is 8.12. The molecular weight excluding hydrogens is 340 g/mol. The van der Waals surface area contributed by atoms with E-state index in [0.717, 1.165) is 54.5 Å². The number of aromatic nitrogens is 2. The Labute approximate surface area is 160 Å². The Hall–Kier alpha value is -2.34. The van der Waals surface area contributed by atoms with Crippen molar-refractivity contribution in [1.82, 2.24) is 19.6 Å². The lowest BCUT2D eigenvalue weighted by Crippen LogP contribution is -2.34. The van der Waals surface area contributed by atoms with E-state index in [0.29, 0.717) is 18.5 Å². The van der Waals surface area contributed by atoms with Crippen LogP contribution in [0.1, 0.15) is 43.5 Å². The molecule has 2 aromatic rings. The Morgan fingerprint density at radius 2 is 2.00 bits per heavy atom. The highest BCUT2D eigenvalue weighted by molar-refractivity contribution is 5.88. The van der Waals surface area contributed by atoms with Crippen LogP contribution in [0.2, 0.25) is 0 Å². The molecule has 1 N–H and O–H groups in total. The Morgan fingerprint density at radius 3 is 2.70 bits per heavy atom. The second kappa shape index (κ2) is 7.00. The van der Waals surface area contributed by atoms with Crippen LogP contribution >= 0.6 is 0 Å². The molecule has 0 bridgehead atoms. The lowest BCUT2D eigenvalue weighted by molar-refractivity contribution is 0.159. The Bertz CT molecular complexity index is 893. The fourth-order valence-corrected chi connectivity index (χ4v) is 4.35. The summed E-state index contributed by atoms with van der Waals surface area (Å²) in [6.45, 7) is 6.97. The summed E-state index contributed by atoms with van der Waals surface area (Å²) in [5, 5.41) is 15.7. The molecule has 3 heterocycles. The van der Waals surface area contributed by atoms with E-state index in [1.807, 2.05) is 18.2 Å². The van der Waals surface area contributed by atoms with Crippen molar-refractivity contribution in [3.05, 3.63) is 35.5 Å². The molecule has 1 atom stereocenters. The predicted octanol–water partition coefficient (Wildman–Crippen LogP) is 3.97. The molecule has 1 aromatic heterocycles. The molecule has 2 aliphatic heterocycles. The topological polar surface area (TPSA) is 61.6 Å². The molecule has 4 rings (SSSR count). The molecule has 6 nitrogen and oxygen atoms in total. The number of nitrogens with zero attached hydrogens (tertiary/aromatic N) is 4. The van der Waals surface area contributed by atoms with Crippen LogP contribution in [0, 0.1) is 12.8 Å². The molecular formula is C21H28N4O2. The number of piperidine rings is 1. The van der Waals surface area contributed by atoms with Crippen molar-refractivity contribution >= 4 is 22.7 Å². The molecule has 0 unspecified atom stereocenters. The van der Waals surface area contributed by atoms with Crippen LogP contribution in [0.4, 0.5) is 4.79 Å². The summed E-state index contributed by atoms with van der Waals surface area (Å²) < 4.78 is 2.19. The van der Waals surface area contributed by atoms with Crippen LogP contribution in [-0.2, 0) is 0 Å². The third-order valence-corrected chi connectivity index (χ3v) is 6.01. The number of amides is 1. The molecule has 6 heteroatoms. The summed E-state index contributed by atoms with van der Waals surface area (Å²) in [6, 6.07) is 6.62. The lowest BCUT2D eigenvalue weighted by atomic mass is 9.98. The van der Waals surface area contributed by atoms with Crippen LogP contribution in [0.5, 0.6) is 0 Å². The van der Waals surface area contributed by atoms with Crippen molar-refractivity contribution in [2.75, 3.05) is 26.7 Å². The van der Waals surface area contributed by atoms with Gasteiger partial charge in [-0.3, -0.25) is 9.58 Å². The van der Waals surface area contributed by atoms with Crippen LogP contribution in [-0.4, -0.2) is 57.5 Å². The summed E-state index contributed by atoms with van der Waals surface area (Å²) in [5.41, 5.74) is 3.88. The van der Waals surface area contributed by atoms with Gasteiger partial charge in [0.2, 0.25) is 0 Å². The van der Waals surface area contributed by atoms with E-state index in [1.165, 1.54) is 10.6 Å². The molecule has 144 valence electrons. The van der Waals surface area contributed by atoms with Gasteiger partial charge in [0.1, 0.15) is 0 Å². The number of likely N-dealkylation sites (tertiary alicyclic amines) is 1. The Kier molecular flexibility index (Phi) is 4.68. The molecule has 0 spiro atoms. The fraction of sp³-hybridized carbons (Fsp3) is 0.524. The molecule has 2 aliphatic rings. The first-order valence-corrected chi connectivity index (χ1v) is 9.82. The van der Waals surface area contributed by atoms with E-state index >= 15 is 0 Å². The summed E-state index contributed by atoms with van der Waals surface area (Å²) in [5.74, 6) is 0.347. The highest BCUT2D eigenvalue weighted by Gasteiger charge is 2.26. The molecule has 1 aromatic carbocycles. The monoisotopic (exact) mass is 368 g/mol. The maximum Gasteiger partial charge on any atom is 0.411 e. The minimum atomic E-state index is -0.888. The van der Waals surface area contributed by atoms with E-state index in [1.54, 1.807) is 0 Å². The van der Waals surface area contributed by atoms with Gasteiger partial charge in [-0.2, -0.15) is 5.10 Å². The number of benzene rings is 1. The smallest absolute Gasteiger partial charge is 0.411 e. The SMILES string of the molecule is Cc1c2ccc(C3=CC[C@H](C)CN3C(=O)O)cc2nn1C1CCN(C)CC1. The van der Waals surface area contributed by atoms with Crippen molar-refractivity contribution in [2.24, 2.45) is 5.92 Å². The van der Waals surface area contributed by atoms with Gasteiger partial charge in [0.05, 0.1) is 17.3 Å². The quantitative estimate of drug-likeness (QED) is 0.871. The molecule has 0 radical (unpaired) electrons. The summed E-state index contributed by atoms with van der Waals surface area (Å²) in [7, 11) is 2.17. The van der Waals surface area contributed by atoms with Crippen LogP contribution in [0.3, 0.4) is 0 Å². The zero-order valence-electron chi connectivity index (χ0n) is 16.4. The number of hydrogen-bond acceptors (Lipinski definition) is 3. The molecule has 0 saturated carbocycles. The molecule has 0 aliphatic carbocycles. The highest BCUT2D eigenvalue weighted by Crippen LogP contribution is 2.32. The van der Waals surface area contributed by atoms with Crippen LogP contribution in [0.15, 0.2) is 24.3 Å². The molecule has 1 amide bonds. The van der Waals surface area contributed by atoms with Crippen molar-refractivity contribution < 1.29 is 9.90 Å². The lowest BCUT2D eigenvalue weighted by Gasteiger charge is -2.30. The first kappa shape index (κ1) is 18.0. The number of aryl methyl sites for hydroxylation is 1. The third kappa shape index (κ3) is 3.34. The molecule has 1 saturated heterocycles. The fourth-order valence-electron chi connectivity index (χ4n) is 4.35. The number of hydrogen-bond donors (Lipinski definition) is 1. The van der Waals surface area contributed by atoms with Crippen LogP contribution < -0.4 is 0 Å². The molecule has 1 fully saturated rings. The number of allylic oxidation sites excluding steroid dienone is 1. The van der Waals surface area contributed by atoms with Crippen molar-refractivity contribution in [2.45, 2.75) is 39.2 Å². The number of fused-ring (bicyclic) bond motifs is 1. The van der Waals surface area contributed by atoms with Crippen molar-refractivity contribution in [3.8, 4) is 0 Å². The van der Waals surface area contributed by atoms with E-state index in [9.17, 15) is 9.90 Å². The first-order chi connectivity index (χ1) is 12.9. The zero-order chi connectivity index (χ0) is 19.1. The summed E-state index contributed by atoms with van der Waals surface area (Å²) >= 11 is 0. The van der Waals surface area contributed by atoms with Crippen molar-refractivity contribution in [3.63, 3.8) is 0 Å². The third-order valence-electron chi connectivity index (χ3n) is 6.01. The van der Waals surface area contributed by atoms with Gasteiger partial charge in [-0.1, -0.05) is 25.1 Å². The predicted molar refractivity (Wildman–Crippen MR) is 107 cm³/mol. The highest BCUT2D eigenvalue weighted by atomic mass is 16.4. The van der Waals surface area contributed by atoms with Gasteiger partial charge in [0.25, 0.3) is 0 Å². The van der Waals surface area contributed by atoms with Gasteiger partial charge in [-0.25, -0.2) is 4.79 Å². The average Bonchev–Trinajstić information content (AvgIpc) is 2.98. The van der Waals surface area contributed by atoms with E-state index in [4.69, 9.17) is 5.10 Å². The Morgan fingerprint density at radius 1 is 1.26 bits per heavy atom. The van der Waals surface area contributed by atoms with E-state index < -0.39 is 6.09 Å². The summed E-state index contributed by atoms with van der Waals surface area (Å²) in [4.78, 5) is 15.5. The normalized spacial score (nSPS) is 22.3. The Balaban J connectivity index is 1.69. The van der Waals surface area contributed by atoms with Gasteiger partial charge >= 0.3 is 6.09 Å². The van der Waals surface area contributed by atoms with Gasteiger partial charge < -0.3 is 10.0 Å². The van der Waals surface area contributed by atoms with Gasteiger partial charge in [0, 0.05) is 23.2 Å². The maximum absolute atomic E-state index is 11.7. The average molecular weight is 368 g/mol. The number of rotatable bonds is 2. The summed E-state index contributed by atoms with van der Waals surface area (Å²) in [6.07, 6.45) is 4.30. The van der Waals surface area contributed by atoms with Crippen LogP contribution in [0.25, 0.3) is 16.6 Å². The minimum Gasteiger partial charge on any atom is -0.465 e. The van der Waals surface area contributed by atoms with Gasteiger partial charge in [0.15, 0.2) is 0 Å². The maximum atomic E-state index is 11.7. The van der Waals surface area contributed by atoms with E-state index in [2.05, 4.69) is 36.5 Å². The van der Waals surface area contributed by atoms with Crippen molar-refractivity contribution in [1.29, 1.82) is 0 Å². The van der Waals surface area contributed by atoms with E-state index in [-0.39, 0.29) is 0 Å². The first-order valence-electron chi connectivity index (χ1n) is 9.82. The standard InChI is InChI=1S/C21H28N4O2/c1-14-4-7-20(24(13-14)21(26)27)16-5-6-18-15(2)25(22-19(18)12-16)17-8-10-23(3)11-9-17/h5-7,12,14,17H,4,8-11,13H2,1-3H3,(H,26,27)/t14-/m0/s1. The number of carboxylic acid groups (broad SMARTS) is 1. The van der Waals surface area contributed by atoms with Gasteiger partial charge in [-0.05, 0) is 58.3 Å². The molecule has 27 heavy (non-hydrogen) atoms. The minimum absolute atomic E-state index is 0.347. The largest absolute Gasteiger partial charge is 0.465 e. The second-order valence-electron chi connectivity index (χ2n) is 8.12.